The van der Waals surface area contributed by atoms with Crippen LogP contribution < -0.4 is 0 Å². The molecule has 0 amide bonds. The molecule has 82 valence electrons. The van der Waals surface area contributed by atoms with E-state index >= 15 is 0 Å². The number of rotatable bonds is 2. The van der Waals surface area contributed by atoms with E-state index in [9.17, 15) is 4.79 Å². The van der Waals surface area contributed by atoms with Crippen LogP contribution in [0.15, 0.2) is 4.60 Å². The maximum Gasteiger partial charge on any atom is 0.154 e. The first kappa shape index (κ1) is 10.8. The Balaban J connectivity index is 2.20. The topological polar surface area (TPSA) is 57.0 Å². The molecule has 2 rings (SSSR count). The van der Waals surface area contributed by atoms with Crippen LogP contribution in [0.2, 0.25) is 0 Å². The zero-order valence-corrected chi connectivity index (χ0v) is 9.98. The number of hydrogen-bond acceptors (Lipinski definition) is 4. The second kappa shape index (κ2) is 4.40. The molecule has 0 saturated carbocycles. The number of aromatic nitrogens is 3. The van der Waals surface area contributed by atoms with Crippen molar-refractivity contribution in [3.8, 4) is 0 Å². The molecule has 2 unspecified atom stereocenters. The maximum absolute atomic E-state index is 10.7. The van der Waals surface area contributed by atoms with E-state index in [0.717, 1.165) is 31.2 Å². The lowest BCUT2D eigenvalue weighted by Gasteiger charge is -2.26. The number of carbonyl (C=O) groups excluding carboxylic acids is 1. The minimum atomic E-state index is -0.287. The van der Waals surface area contributed by atoms with Crippen molar-refractivity contribution in [1.29, 1.82) is 0 Å². The fourth-order valence-electron chi connectivity index (χ4n) is 1.83. The Morgan fingerprint density at radius 3 is 3.00 bits per heavy atom. The van der Waals surface area contributed by atoms with Gasteiger partial charge in [0.05, 0.1) is 0 Å². The summed E-state index contributed by atoms with van der Waals surface area (Å²) in [5, 5.41) is 7.80. The van der Waals surface area contributed by atoms with Gasteiger partial charge < -0.3 is 9.53 Å². The highest BCUT2D eigenvalue weighted by atomic mass is 79.9. The van der Waals surface area contributed by atoms with Crippen molar-refractivity contribution >= 4 is 22.2 Å². The van der Waals surface area contributed by atoms with Crippen molar-refractivity contribution in [2.45, 2.75) is 31.5 Å². The molecule has 2 heterocycles. The van der Waals surface area contributed by atoms with Crippen LogP contribution in [0.3, 0.4) is 0 Å². The van der Waals surface area contributed by atoms with Crippen molar-refractivity contribution in [3.63, 3.8) is 0 Å². The third kappa shape index (κ3) is 2.10. The predicted molar refractivity (Wildman–Crippen MR) is 56.2 cm³/mol. The maximum atomic E-state index is 10.7. The monoisotopic (exact) mass is 273 g/mol. The highest BCUT2D eigenvalue weighted by Crippen LogP contribution is 2.33. The average molecular weight is 274 g/mol. The Morgan fingerprint density at radius 1 is 1.60 bits per heavy atom. The SMILES string of the molecule is Cn1nnc(Br)c1C1CCCC(C=O)O1. The Hall–Kier alpha value is -0.750. The second-order valence-corrected chi connectivity index (χ2v) is 4.37. The molecule has 1 aromatic heterocycles. The van der Waals surface area contributed by atoms with Gasteiger partial charge in [-0.1, -0.05) is 5.21 Å². The van der Waals surface area contributed by atoms with Crippen molar-refractivity contribution in [2.24, 2.45) is 7.05 Å². The Morgan fingerprint density at radius 2 is 2.40 bits per heavy atom. The van der Waals surface area contributed by atoms with Gasteiger partial charge in [-0.3, -0.25) is 0 Å². The first-order chi connectivity index (χ1) is 7.22. The van der Waals surface area contributed by atoms with Gasteiger partial charge in [0.25, 0.3) is 0 Å². The summed E-state index contributed by atoms with van der Waals surface area (Å²) in [5.41, 5.74) is 0.904. The minimum Gasteiger partial charge on any atom is -0.361 e. The normalized spacial score (nSPS) is 26.5. The molecular weight excluding hydrogens is 262 g/mol. The molecule has 2 atom stereocenters. The fraction of sp³-hybridized carbons (Fsp3) is 0.667. The van der Waals surface area contributed by atoms with Gasteiger partial charge in [-0.2, -0.15) is 0 Å². The highest BCUT2D eigenvalue weighted by molar-refractivity contribution is 9.10. The van der Waals surface area contributed by atoms with Crippen LogP contribution in [0.25, 0.3) is 0 Å². The van der Waals surface area contributed by atoms with Crippen molar-refractivity contribution in [2.75, 3.05) is 0 Å². The number of halogens is 1. The van der Waals surface area contributed by atoms with E-state index in [-0.39, 0.29) is 12.2 Å². The average Bonchev–Trinajstić information content (AvgIpc) is 2.59. The molecule has 0 aliphatic carbocycles. The number of hydrogen-bond donors (Lipinski definition) is 0. The van der Waals surface area contributed by atoms with Gasteiger partial charge in [0.15, 0.2) is 4.60 Å². The third-order valence-electron chi connectivity index (χ3n) is 2.58. The molecule has 6 heteroatoms. The van der Waals surface area contributed by atoms with E-state index in [0.29, 0.717) is 4.60 Å². The number of carbonyl (C=O) groups is 1. The van der Waals surface area contributed by atoms with Gasteiger partial charge in [-0.25, -0.2) is 4.68 Å². The largest absolute Gasteiger partial charge is 0.361 e. The summed E-state index contributed by atoms with van der Waals surface area (Å²) in [7, 11) is 1.82. The van der Waals surface area contributed by atoms with Crippen LogP contribution >= 0.6 is 15.9 Å². The number of nitrogens with zero attached hydrogens (tertiary/aromatic N) is 3. The standard InChI is InChI=1S/C9H12BrN3O2/c1-13-8(9(10)11-12-13)7-4-2-3-6(5-14)15-7/h5-7H,2-4H2,1H3. The van der Waals surface area contributed by atoms with E-state index in [4.69, 9.17) is 4.74 Å². The Kier molecular flexibility index (Phi) is 3.16. The molecule has 1 aromatic rings. The summed E-state index contributed by atoms with van der Waals surface area (Å²) < 4.78 is 8.02. The van der Waals surface area contributed by atoms with E-state index in [2.05, 4.69) is 26.2 Å². The first-order valence-corrected chi connectivity index (χ1v) is 5.67. The van der Waals surface area contributed by atoms with Crippen molar-refractivity contribution < 1.29 is 9.53 Å². The van der Waals surface area contributed by atoms with E-state index in [1.165, 1.54) is 0 Å². The molecule has 0 spiro atoms. The second-order valence-electron chi connectivity index (χ2n) is 3.62. The summed E-state index contributed by atoms with van der Waals surface area (Å²) in [6.07, 6.45) is 3.21. The number of aldehydes is 1. The number of aryl methyl sites for hydroxylation is 1. The molecule has 5 nitrogen and oxygen atoms in total. The zero-order valence-electron chi connectivity index (χ0n) is 8.39. The lowest BCUT2D eigenvalue weighted by molar-refractivity contribution is -0.127. The smallest absolute Gasteiger partial charge is 0.154 e. The fourth-order valence-corrected chi connectivity index (χ4v) is 2.42. The molecule has 1 aliphatic rings. The van der Waals surface area contributed by atoms with Crippen LogP contribution in [0.5, 0.6) is 0 Å². The summed E-state index contributed by atoms with van der Waals surface area (Å²) in [5.74, 6) is 0. The van der Waals surface area contributed by atoms with Gasteiger partial charge >= 0.3 is 0 Å². The molecule has 0 bridgehead atoms. The predicted octanol–water partition coefficient (Wildman–Crippen LogP) is 1.39. The van der Waals surface area contributed by atoms with E-state index in [1.807, 2.05) is 7.05 Å². The summed E-state index contributed by atoms with van der Waals surface area (Å²) in [6.45, 7) is 0. The molecule has 1 saturated heterocycles. The van der Waals surface area contributed by atoms with Crippen LogP contribution in [-0.2, 0) is 16.6 Å². The molecular formula is C9H12BrN3O2. The molecule has 15 heavy (non-hydrogen) atoms. The number of ether oxygens (including phenoxy) is 1. The van der Waals surface area contributed by atoms with Gasteiger partial charge in [-0.15, -0.1) is 5.10 Å². The summed E-state index contributed by atoms with van der Waals surface area (Å²) >= 11 is 3.33. The third-order valence-corrected chi connectivity index (χ3v) is 3.14. The molecule has 0 aromatic carbocycles. The summed E-state index contributed by atoms with van der Waals surface area (Å²) in [6, 6.07) is 0. The quantitative estimate of drug-likeness (QED) is 0.765. The van der Waals surface area contributed by atoms with Gasteiger partial charge in [0, 0.05) is 7.05 Å². The lowest BCUT2D eigenvalue weighted by atomic mass is 10.0. The van der Waals surface area contributed by atoms with Crippen molar-refractivity contribution in [1.82, 2.24) is 15.0 Å². The van der Waals surface area contributed by atoms with E-state index in [1.54, 1.807) is 4.68 Å². The summed E-state index contributed by atoms with van der Waals surface area (Å²) in [4.78, 5) is 10.7. The van der Waals surface area contributed by atoms with Crippen molar-refractivity contribution in [3.05, 3.63) is 10.3 Å². The van der Waals surface area contributed by atoms with Crippen LogP contribution in [0.4, 0.5) is 0 Å². The first-order valence-electron chi connectivity index (χ1n) is 4.88. The molecule has 0 radical (unpaired) electrons. The molecule has 1 aliphatic heterocycles. The van der Waals surface area contributed by atoms with Gasteiger partial charge in [0.1, 0.15) is 24.2 Å². The zero-order chi connectivity index (χ0) is 10.8. The molecule has 0 N–H and O–H groups in total. The lowest BCUT2D eigenvalue weighted by Crippen LogP contribution is -2.25. The van der Waals surface area contributed by atoms with E-state index < -0.39 is 0 Å². The minimum absolute atomic E-state index is 0.0803. The van der Waals surface area contributed by atoms with Crippen LogP contribution in [0, 0.1) is 0 Å². The van der Waals surface area contributed by atoms with Crippen LogP contribution in [-0.4, -0.2) is 27.4 Å². The van der Waals surface area contributed by atoms with Gasteiger partial charge in [0.2, 0.25) is 0 Å². The Labute approximate surface area is 95.9 Å². The Bertz CT molecular complexity index is 347. The van der Waals surface area contributed by atoms with Gasteiger partial charge in [-0.05, 0) is 35.2 Å². The molecule has 1 fully saturated rings. The highest BCUT2D eigenvalue weighted by Gasteiger charge is 2.27. The van der Waals surface area contributed by atoms with Crippen LogP contribution in [0.1, 0.15) is 31.1 Å².